The molecule has 1 aliphatic rings. The van der Waals surface area contributed by atoms with E-state index in [-0.39, 0.29) is 18.7 Å². The molecule has 2 heterocycles. The Hall–Kier alpha value is -4.26. The van der Waals surface area contributed by atoms with Gasteiger partial charge >= 0.3 is 12.1 Å². The van der Waals surface area contributed by atoms with Gasteiger partial charge in [0, 0.05) is 48.6 Å². The predicted molar refractivity (Wildman–Crippen MR) is 133 cm³/mol. The Bertz CT molecular complexity index is 1350. The second-order valence-electron chi connectivity index (χ2n) is 8.47. The van der Waals surface area contributed by atoms with Gasteiger partial charge in [0.2, 0.25) is 0 Å². The van der Waals surface area contributed by atoms with Crippen LogP contribution < -0.4 is 10.6 Å². The van der Waals surface area contributed by atoms with Crippen LogP contribution in [-0.2, 0) is 31.4 Å². The highest BCUT2D eigenvalue weighted by atomic mass is 16.6. The first-order valence-corrected chi connectivity index (χ1v) is 11.3. The summed E-state index contributed by atoms with van der Waals surface area (Å²) in [5.74, 6) is 0. The van der Waals surface area contributed by atoms with Crippen LogP contribution in [0.4, 0.5) is 21.0 Å². The molecule has 172 valence electrons. The molecular weight excluding hydrogens is 428 g/mol. The Morgan fingerprint density at radius 1 is 0.912 bits per heavy atom. The van der Waals surface area contributed by atoms with Crippen molar-refractivity contribution >= 4 is 34.4 Å². The summed E-state index contributed by atoms with van der Waals surface area (Å²) in [5.41, 5.74) is 5.64. The van der Waals surface area contributed by atoms with Gasteiger partial charge in [0.15, 0.2) is 0 Å². The molecule has 2 N–H and O–H groups in total. The predicted octanol–water partition coefficient (Wildman–Crippen LogP) is 5.52. The number of carbonyl (C=O) groups is 2. The molecule has 3 amide bonds. The van der Waals surface area contributed by atoms with Crippen molar-refractivity contribution in [2.45, 2.75) is 19.6 Å². The molecule has 0 unspecified atom stereocenters. The SMILES string of the molecule is Cn1ccc2cc(NC(=O)Nc3ccc4c(c3)CN(C(=O)OCc3ccccc3)CC4)ccc21. The number of urea groups is 1. The van der Waals surface area contributed by atoms with Crippen molar-refractivity contribution in [1.29, 1.82) is 0 Å². The van der Waals surface area contributed by atoms with Crippen molar-refractivity contribution in [3.63, 3.8) is 0 Å². The average molecular weight is 455 g/mol. The summed E-state index contributed by atoms with van der Waals surface area (Å²) in [6.07, 6.45) is 2.41. The first-order chi connectivity index (χ1) is 16.5. The lowest BCUT2D eigenvalue weighted by Crippen LogP contribution is -2.36. The molecule has 0 fully saturated rings. The first kappa shape index (κ1) is 21.6. The molecule has 7 nitrogen and oxygen atoms in total. The number of hydrogen-bond donors (Lipinski definition) is 2. The molecule has 0 radical (unpaired) electrons. The van der Waals surface area contributed by atoms with Crippen LogP contribution in [0.15, 0.2) is 79.0 Å². The number of fused-ring (bicyclic) bond motifs is 2. The van der Waals surface area contributed by atoms with Gasteiger partial charge in [0.1, 0.15) is 6.61 Å². The van der Waals surface area contributed by atoms with Crippen LogP contribution in [0.25, 0.3) is 10.9 Å². The van der Waals surface area contributed by atoms with Crippen molar-refractivity contribution in [2.24, 2.45) is 7.05 Å². The lowest BCUT2D eigenvalue weighted by atomic mass is 9.99. The van der Waals surface area contributed by atoms with Crippen molar-refractivity contribution in [2.75, 3.05) is 17.2 Å². The Labute approximate surface area is 197 Å². The topological polar surface area (TPSA) is 75.6 Å². The summed E-state index contributed by atoms with van der Waals surface area (Å²) >= 11 is 0. The lowest BCUT2D eigenvalue weighted by molar-refractivity contribution is 0.0918. The van der Waals surface area contributed by atoms with E-state index in [1.807, 2.05) is 90.6 Å². The van der Waals surface area contributed by atoms with Crippen LogP contribution >= 0.6 is 0 Å². The van der Waals surface area contributed by atoms with Gasteiger partial charge in [-0.05, 0) is 59.5 Å². The number of aryl methyl sites for hydroxylation is 1. The molecule has 0 atom stereocenters. The van der Waals surface area contributed by atoms with Gasteiger partial charge in [-0.1, -0.05) is 36.4 Å². The number of anilines is 2. The first-order valence-electron chi connectivity index (χ1n) is 11.3. The van der Waals surface area contributed by atoms with Gasteiger partial charge in [-0.15, -0.1) is 0 Å². The Morgan fingerprint density at radius 2 is 1.68 bits per heavy atom. The van der Waals surface area contributed by atoms with Crippen LogP contribution in [0.3, 0.4) is 0 Å². The molecule has 5 rings (SSSR count). The largest absolute Gasteiger partial charge is 0.445 e. The number of nitrogens with one attached hydrogen (secondary N) is 2. The van der Waals surface area contributed by atoms with Crippen molar-refractivity contribution < 1.29 is 14.3 Å². The van der Waals surface area contributed by atoms with E-state index in [1.54, 1.807) is 4.90 Å². The molecule has 1 aliphatic heterocycles. The molecule has 0 spiro atoms. The van der Waals surface area contributed by atoms with Crippen molar-refractivity contribution in [1.82, 2.24) is 9.47 Å². The van der Waals surface area contributed by atoms with E-state index >= 15 is 0 Å². The van der Waals surface area contributed by atoms with E-state index in [2.05, 4.69) is 10.6 Å². The molecule has 0 bridgehead atoms. The molecule has 0 saturated heterocycles. The summed E-state index contributed by atoms with van der Waals surface area (Å²) in [4.78, 5) is 26.8. The van der Waals surface area contributed by atoms with Gasteiger partial charge < -0.3 is 24.8 Å². The molecule has 3 aromatic carbocycles. The van der Waals surface area contributed by atoms with Crippen LogP contribution in [0, 0.1) is 0 Å². The normalized spacial score (nSPS) is 12.8. The fraction of sp³-hybridized carbons (Fsp3) is 0.185. The maximum atomic E-state index is 12.6. The van der Waals surface area contributed by atoms with Gasteiger partial charge in [0.25, 0.3) is 0 Å². The van der Waals surface area contributed by atoms with E-state index in [9.17, 15) is 9.59 Å². The maximum absolute atomic E-state index is 12.6. The quantitative estimate of drug-likeness (QED) is 0.427. The number of rotatable bonds is 4. The summed E-state index contributed by atoms with van der Waals surface area (Å²) in [6, 6.07) is 23.0. The number of nitrogens with zero attached hydrogens (tertiary/aromatic N) is 2. The number of hydrogen-bond acceptors (Lipinski definition) is 3. The Kier molecular flexibility index (Phi) is 5.91. The van der Waals surface area contributed by atoms with Gasteiger partial charge in [-0.2, -0.15) is 0 Å². The zero-order valence-corrected chi connectivity index (χ0v) is 19.0. The average Bonchev–Trinajstić information content (AvgIpc) is 3.22. The van der Waals surface area contributed by atoms with Gasteiger partial charge in [0.05, 0.1) is 0 Å². The minimum atomic E-state index is -0.332. The van der Waals surface area contributed by atoms with E-state index in [4.69, 9.17) is 4.74 Å². The van der Waals surface area contributed by atoms with Gasteiger partial charge in [-0.25, -0.2) is 9.59 Å². The van der Waals surface area contributed by atoms with E-state index < -0.39 is 0 Å². The molecule has 1 aromatic heterocycles. The van der Waals surface area contributed by atoms with E-state index in [0.29, 0.717) is 18.8 Å². The molecule has 4 aromatic rings. The highest BCUT2D eigenvalue weighted by Crippen LogP contribution is 2.24. The highest BCUT2D eigenvalue weighted by molar-refractivity contribution is 6.01. The van der Waals surface area contributed by atoms with Crippen LogP contribution in [0.2, 0.25) is 0 Å². The molecular formula is C27H26N4O3. The fourth-order valence-corrected chi connectivity index (χ4v) is 4.25. The fourth-order valence-electron chi connectivity index (χ4n) is 4.25. The Morgan fingerprint density at radius 3 is 2.50 bits per heavy atom. The van der Waals surface area contributed by atoms with Crippen LogP contribution in [0.1, 0.15) is 16.7 Å². The number of benzene rings is 3. The summed E-state index contributed by atoms with van der Waals surface area (Å²) in [6.45, 7) is 1.31. The van der Waals surface area contributed by atoms with Crippen LogP contribution in [0.5, 0.6) is 0 Å². The third kappa shape index (κ3) is 4.73. The summed E-state index contributed by atoms with van der Waals surface area (Å²) in [7, 11) is 1.99. The second-order valence-corrected chi connectivity index (χ2v) is 8.47. The molecule has 0 aliphatic carbocycles. The van der Waals surface area contributed by atoms with E-state index in [0.717, 1.165) is 34.1 Å². The van der Waals surface area contributed by atoms with E-state index in [1.165, 1.54) is 5.56 Å². The number of carbonyl (C=O) groups excluding carboxylic acids is 2. The third-order valence-electron chi connectivity index (χ3n) is 6.08. The standard InChI is InChI=1S/C27H26N4O3/c1-30-13-11-21-15-24(9-10-25(21)30)29-26(32)28-23-8-7-20-12-14-31(17-22(20)16-23)27(33)34-18-19-5-3-2-4-6-19/h2-11,13,15-16H,12,14,17-18H2,1H3,(H2,28,29,32). The number of aromatic nitrogens is 1. The highest BCUT2D eigenvalue weighted by Gasteiger charge is 2.22. The van der Waals surface area contributed by atoms with Gasteiger partial charge in [-0.3, -0.25) is 0 Å². The second kappa shape index (κ2) is 9.31. The summed E-state index contributed by atoms with van der Waals surface area (Å²) in [5, 5.41) is 6.85. The van der Waals surface area contributed by atoms with Crippen LogP contribution in [-0.4, -0.2) is 28.1 Å². The maximum Gasteiger partial charge on any atom is 0.410 e. The van der Waals surface area contributed by atoms with Crippen molar-refractivity contribution in [3.05, 3.63) is 95.7 Å². The molecule has 0 saturated carbocycles. The minimum Gasteiger partial charge on any atom is -0.445 e. The Balaban J connectivity index is 1.20. The lowest BCUT2D eigenvalue weighted by Gasteiger charge is -2.28. The minimum absolute atomic E-state index is 0.250. The van der Waals surface area contributed by atoms with Crippen molar-refractivity contribution in [3.8, 4) is 0 Å². The third-order valence-corrected chi connectivity index (χ3v) is 6.08. The molecule has 7 heteroatoms. The number of amides is 3. The summed E-state index contributed by atoms with van der Waals surface area (Å²) < 4.78 is 7.52. The monoisotopic (exact) mass is 454 g/mol. The molecule has 34 heavy (non-hydrogen) atoms. The zero-order valence-electron chi connectivity index (χ0n) is 19.0. The number of ether oxygens (including phenoxy) is 1. The zero-order chi connectivity index (χ0) is 23.5. The smallest absolute Gasteiger partial charge is 0.410 e.